The summed E-state index contributed by atoms with van der Waals surface area (Å²) in [5, 5.41) is 3.32. The molecular weight excluding hydrogens is 264 g/mol. The quantitative estimate of drug-likeness (QED) is 0.603. The van der Waals surface area contributed by atoms with Crippen LogP contribution in [0.15, 0.2) is 0 Å². The average molecular weight is 300 g/mol. The Bertz CT molecular complexity index is 309. The van der Waals surface area contributed by atoms with E-state index in [4.69, 9.17) is 5.73 Å². The van der Waals surface area contributed by atoms with Gasteiger partial charge in [-0.25, -0.2) is 0 Å². The van der Waals surface area contributed by atoms with Gasteiger partial charge in [0.15, 0.2) is 0 Å². The molecule has 3 N–H and O–H groups in total. The minimum Gasteiger partial charge on any atom is -0.368 e. The summed E-state index contributed by atoms with van der Waals surface area (Å²) in [6.07, 6.45) is 1.72. The summed E-state index contributed by atoms with van der Waals surface area (Å²) in [4.78, 5) is 16.5. The number of nitrogens with one attached hydrogen (secondary N) is 1. The van der Waals surface area contributed by atoms with Crippen LogP contribution in [-0.4, -0.2) is 67.1 Å². The summed E-state index contributed by atoms with van der Waals surface area (Å²) >= 11 is 0. The van der Waals surface area contributed by atoms with Crippen molar-refractivity contribution in [2.24, 2.45) is 5.73 Å². The van der Waals surface area contributed by atoms with Gasteiger partial charge in [0.25, 0.3) is 0 Å². The molecule has 0 aromatic rings. The monoisotopic (exact) mass is 300 g/mol. The lowest BCUT2D eigenvalue weighted by Gasteiger charge is -2.39. The molecule has 0 radical (unpaired) electrons. The number of nitrogens with zero attached hydrogens (tertiary/aromatic N) is 2. The highest BCUT2D eigenvalue weighted by Gasteiger charge is 2.34. The predicted molar refractivity (Wildman–Crippen MR) is 90.4 cm³/mol. The molecule has 5 nitrogen and oxygen atoms in total. The van der Waals surface area contributed by atoms with Gasteiger partial charge in [0.1, 0.15) is 0 Å². The molecule has 5 heteroatoms. The van der Waals surface area contributed by atoms with E-state index in [1.54, 1.807) is 0 Å². The van der Waals surface area contributed by atoms with Crippen molar-refractivity contribution < 1.29 is 4.79 Å². The van der Waals surface area contributed by atoms with Gasteiger partial charge < -0.3 is 16.0 Å². The van der Waals surface area contributed by atoms with E-state index in [0.29, 0.717) is 12.1 Å². The zero-order chi connectivity index (χ0) is 16.6. The second kappa shape index (κ2) is 9.38. The molecule has 0 saturated carbocycles. The molecule has 0 fully saturated rings. The van der Waals surface area contributed by atoms with E-state index in [1.807, 2.05) is 6.92 Å². The largest absolute Gasteiger partial charge is 0.368 e. The second-order valence-electron chi connectivity index (χ2n) is 6.62. The Kier molecular flexibility index (Phi) is 9.09. The van der Waals surface area contributed by atoms with Crippen LogP contribution in [0.5, 0.6) is 0 Å². The Balaban J connectivity index is 4.85. The summed E-state index contributed by atoms with van der Waals surface area (Å²) in [5.41, 5.74) is 4.99. The molecule has 3 unspecified atom stereocenters. The zero-order valence-electron chi connectivity index (χ0n) is 15.1. The molecule has 126 valence electrons. The van der Waals surface area contributed by atoms with Gasteiger partial charge in [-0.05, 0) is 60.8 Å². The van der Waals surface area contributed by atoms with Crippen LogP contribution >= 0.6 is 0 Å². The minimum absolute atomic E-state index is 0.265. The lowest BCUT2D eigenvalue weighted by Crippen LogP contribution is -2.57. The predicted octanol–water partition coefficient (Wildman–Crippen LogP) is 1.28. The molecule has 0 aliphatic heterocycles. The first kappa shape index (κ1) is 20.3. The molecule has 1 amide bonds. The van der Waals surface area contributed by atoms with Gasteiger partial charge in [-0.2, -0.15) is 0 Å². The van der Waals surface area contributed by atoms with Crippen molar-refractivity contribution in [3.05, 3.63) is 0 Å². The highest BCUT2D eigenvalue weighted by Crippen LogP contribution is 2.18. The summed E-state index contributed by atoms with van der Waals surface area (Å²) in [5.74, 6) is -0.265. The van der Waals surface area contributed by atoms with Gasteiger partial charge in [-0.15, -0.1) is 0 Å². The van der Waals surface area contributed by atoms with Crippen LogP contribution in [0.25, 0.3) is 0 Å². The van der Waals surface area contributed by atoms with Gasteiger partial charge >= 0.3 is 0 Å². The Hall–Kier alpha value is -0.650. The third kappa shape index (κ3) is 6.76. The van der Waals surface area contributed by atoms with Gasteiger partial charge in [0.05, 0.1) is 5.54 Å². The first-order chi connectivity index (χ1) is 9.67. The SMILES string of the molecule is CCCNC(C)(CC(C)N(CC)C(C)CN(C)C)C(N)=O. The summed E-state index contributed by atoms with van der Waals surface area (Å²) in [6, 6.07) is 0.745. The van der Waals surface area contributed by atoms with Crippen LogP contribution in [0.4, 0.5) is 0 Å². The lowest BCUT2D eigenvalue weighted by molar-refractivity contribution is -0.124. The lowest BCUT2D eigenvalue weighted by atomic mass is 9.91. The molecule has 0 rings (SSSR count). The smallest absolute Gasteiger partial charge is 0.237 e. The maximum absolute atomic E-state index is 11.9. The number of carbonyl (C=O) groups excluding carboxylic acids is 1. The Labute approximate surface area is 131 Å². The third-order valence-electron chi connectivity index (χ3n) is 4.14. The molecular formula is C16H36N4O. The number of likely N-dealkylation sites (N-methyl/N-ethyl adjacent to an activating group) is 2. The molecule has 3 atom stereocenters. The van der Waals surface area contributed by atoms with Crippen molar-refractivity contribution in [3.63, 3.8) is 0 Å². The van der Waals surface area contributed by atoms with Crippen molar-refractivity contribution in [2.75, 3.05) is 33.7 Å². The van der Waals surface area contributed by atoms with Crippen molar-refractivity contribution in [3.8, 4) is 0 Å². The molecule has 0 aromatic heterocycles. The normalized spacial score (nSPS) is 17.8. The van der Waals surface area contributed by atoms with Crippen molar-refractivity contribution in [1.29, 1.82) is 0 Å². The van der Waals surface area contributed by atoms with E-state index in [-0.39, 0.29) is 5.91 Å². The standard InChI is InChI=1S/C16H36N4O/c1-8-10-18-16(5,15(17)21)11-13(3)20(9-2)14(4)12-19(6)7/h13-14,18H,8-12H2,1-7H3,(H2,17,21). The first-order valence-electron chi connectivity index (χ1n) is 8.13. The fourth-order valence-corrected chi connectivity index (χ4v) is 3.06. The molecule has 0 aliphatic rings. The summed E-state index contributed by atoms with van der Waals surface area (Å²) < 4.78 is 0. The van der Waals surface area contributed by atoms with E-state index in [9.17, 15) is 4.79 Å². The number of primary amides is 1. The third-order valence-corrected chi connectivity index (χ3v) is 4.14. The number of hydrogen-bond acceptors (Lipinski definition) is 4. The van der Waals surface area contributed by atoms with Crippen LogP contribution < -0.4 is 11.1 Å². The van der Waals surface area contributed by atoms with Crippen LogP contribution in [-0.2, 0) is 4.79 Å². The fraction of sp³-hybridized carbons (Fsp3) is 0.938. The van der Waals surface area contributed by atoms with Gasteiger partial charge in [0.2, 0.25) is 5.91 Å². The van der Waals surface area contributed by atoms with E-state index >= 15 is 0 Å². The molecule has 0 saturated heterocycles. The van der Waals surface area contributed by atoms with Crippen molar-refractivity contribution in [1.82, 2.24) is 15.1 Å². The summed E-state index contributed by atoms with van der Waals surface area (Å²) in [7, 11) is 4.18. The highest BCUT2D eigenvalue weighted by atomic mass is 16.1. The Morgan fingerprint density at radius 1 is 1.24 bits per heavy atom. The second-order valence-corrected chi connectivity index (χ2v) is 6.62. The molecule has 0 bridgehead atoms. The van der Waals surface area contributed by atoms with Gasteiger partial charge in [-0.3, -0.25) is 9.69 Å². The Morgan fingerprint density at radius 2 is 1.81 bits per heavy atom. The van der Waals surface area contributed by atoms with E-state index in [0.717, 1.165) is 32.5 Å². The van der Waals surface area contributed by atoms with E-state index in [2.05, 4.69) is 56.9 Å². The maximum Gasteiger partial charge on any atom is 0.237 e. The fourth-order valence-electron chi connectivity index (χ4n) is 3.06. The molecule has 0 aliphatic carbocycles. The number of nitrogens with two attached hydrogens (primary N) is 1. The van der Waals surface area contributed by atoms with Crippen LogP contribution in [0.3, 0.4) is 0 Å². The topological polar surface area (TPSA) is 61.6 Å². The van der Waals surface area contributed by atoms with Gasteiger partial charge in [-0.1, -0.05) is 13.8 Å². The number of rotatable bonds is 11. The van der Waals surface area contributed by atoms with Crippen molar-refractivity contribution in [2.45, 2.75) is 65.1 Å². The average Bonchev–Trinajstić information content (AvgIpc) is 2.35. The first-order valence-corrected chi connectivity index (χ1v) is 8.13. The number of carbonyl (C=O) groups is 1. The zero-order valence-corrected chi connectivity index (χ0v) is 15.1. The number of amides is 1. The molecule has 0 spiro atoms. The molecule has 0 heterocycles. The number of hydrogen-bond donors (Lipinski definition) is 2. The highest BCUT2D eigenvalue weighted by molar-refractivity contribution is 5.84. The van der Waals surface area contributed by atoms with E-state index < -0.39 is 5.54 Å². The van der Waals surface area contributed by atoms with Crippen molar-refractivity contribution >= 4 is 5.91 Å². The van der Waals surface area contributed by atoms with Gasteiger partial charge in [0, 0.05) is 18.6 Å². The van der Waals surface area contributed by atoms with Crippen LogP contribution in [0.1, 0.15) is 47.5 Å². The molecule has 0 aromatic carbocycles. The van der Waals surface area contributed by atoms with Crippen LogP contribution in [0.2, 0.25) is 0 Å². The maximum atomic E-state index is 11.9. The summed E-state index contributed by atoms with van der Waals surface area (Å²) in [6.45, 7) is 13.4. The van der Waals surface area contributed by atoms with E-state index in [1.165, 1.54) is 0 Å². The Morgan fingerprint density at radius 3 is 2.19 bits per heavy atom. The minimum atomic E-state index is -0.638. The van der Waals surface area contributed by atoms with Crippen LogP contribution in [0, 0.1) is 0 Å². The molecule has 21 heavy (non-hydrogen) atoms.